The first-order valence-electron chi connectivity index (χ1n) is 11.4. The molecule has 1 aromatic heterocycles. The average molecular weight is 456 g/mol. The minimum Gasteiger partial charge on any atom is -0.299 e. The standard InChI is InChI=1S/C29H29NS2/c1-22-11-13-25(14-12-22)32-28(24-7-3-2-4-8-24)17-20-30-18-15-23(16-19-30)27-21-31-29-10-6-5-9-26(27)29/h2-15,21,28H,16-20H2,1H3. The van der Waals surface area contributed by atoms with Crippen molar-refractivity contribution in [1.29, 1.82) is 0 Å². The fourth-order valence-corrected chi connectivity index (χ4v) is 6.55. The number of thioether (sulfide) groups is 1. The average Bonchev–Trinajstić information content (AvgIpc) is 3.28. The van der Waals surface area contributed by atoms with E-state index in [-0.39, 0.29) is 0 Å². The van der Waals surface area contributed by atoms with Crippen LogP contribution >= 0.6 is 23.1 Å². The lowest BCUT2D eigenvalue weighted by Crippen LogP contribution is -2.30. The topological polar surface area (TPSA) is 3.24 Å². The van der Waals surface area contributed by atoms with Crippen LogP contribution in [-0.2, 0) is 0 Å². The molecule has 0 saturated carbocycles. The third kappa shape index (κ3) is 5.01. The van der Waals surface area contributed by atoms with Crippen molar-refractivity contribution in [2.24, 2.45) is 0 Å². The quantitative estimate of drug-likeness (QED) is 0.258. The summed E-state index contributed by atoms with van der Waals surface area (Å²) >= 11 is 3.86. The first-order valence-corrected chi connectivity index (χ1v) is 13.2. The van der Waals surface area contributed by atoms with Gasteiger partial charge in [-0.25, -0.2) is 0 Å². The second-order valence-corrected chi connectivity index (χ2v) is 10.7. The maximum Gasteiger partial charge on any atom is 0.0356 e. The van der Waals surface area contributed by atoms with Crippen molar-refractivity contribution < 1.29 is 0 Å². The van der Waals surface area contributed by atoms with Crippen LogP contribution in [0.2, 0.25) is 0 Å². The number of nitrogens with zero attached hydrogens (tertiary/aromatic N) is 1. The maximum atomic E-state index is 2.61. The number of hydrogen-bond donors (Lipinski definition) is 0. The summed E-state index contributed by atoms with van der Waals surface area (Å²) in [4.78, 5) is 3.97. The molecule has 162 valence electrons. The van der Waals surface area contributed by atoms with Crippen LogP contribution in [0.4, 0.5) is 0 Å². The van der Waals surface area contributed by atoms with Gasteiger partial charge in [-0.1, -0.05) is 72.3 Å². The molecule has 32 heavy (non-hydrogen) atoms. The van der Waals surface area contributed by atoms with E-state index in [1.165, 1.54) is 37.2 Å². The van der Waals surface area contributed by atoms with Crippen LogP contribution < -0.4 is 0 Å². The Balaban J connectivity index is 1.25. The number of thiophene rings is 1. The number of hydrogen-bond acceptors (Lipinski definition) is 3. The lowest BCUT2D eigenvalue weighted by atomic mass is 9.98. The SMILES string of the molecule is Cc1ccc(SC(CCN2CC=C(c3csc4ccccc34)CC2)c2ccccc2)cc1. The molecule has 4 aromatic rings. The Labute approximate surface area is 199 Å². The number of aryl methyl sites for hydroxylation is 1. The van der Waals surface area contributed by atoms with Gasteiger partial charge in [-0.05, 0) is 72.0 Å². The summed E-state index contributed by atoms with van der Waals surface area (Å²) in [5.41, 5.74) is 5.71. The van der Waals surface area contributed by atoms with Crippen molar-refractivity contribution >= 4 is 38.8 Å². The molecule has 2 heterocycles. The van der Waals surface area contributed by atoms with Gasteiger partial charge in [-0.15, -0.1) is 23.1 Å². The van der Waals surface area contributed by atoms with E-state index >= 15 is 0 Å². The number of benzene rings is 3. The van der Waals surface area contributed by atoms with Gasteiger partial charge in [0.05, 0.1) is 0 Å². The molecule has 1 nitrogen and oxygen atoms in total. The Morgan fingerprint density at radius 1 is 0.938 bits per heavy atom. The third-order valence-electron chi connectivity index (χ3n) is 6.30. The minimum atomic E-state index is 0.477. The summed E-state index contributed by atoms with van der Waals surface area (Å²) in [6.45, 7) is 5.48. The summed E-state index contributed by atoms with van der Waals surface area (Å²) in [5.74, 6) is 0. The lowest BCUT2D eigenvalue weighted by molar-refractivity contribution is 0.297. The Kier molecular flexibility index (Phi) is 6.77. The summed E-state index contributed by atoms with van der Waals surface area (Å²) in [5, 5.41) is 4.23. The van der Waals surface area contributed by atoms with Crippen LogP contribution in [0.5, 0.6) is 0 Å². The maximum absolute atomic E-state index is 2.61. The Morgan fingerprint density at radius 3 is 2.50 bits per heavy atom. The summed E-state index contributed by atoms with van der Waals surface area (Å²) < 4.78 is 1.39. The normalized spacial score (nSPS) is 15.6. The molecule has 3 aromatic carbocycles. The predicted octanol–water partition coefficient (Wildman–Crippen LogP) is 8.22. The highest BCUT2D eigenvalue weighted by Crippen LogP contribution is 2.38. The van der Waals surface area contributed by atoms with Gasteiger partial charge in [-0.2, -0.15) is 0 Å². The second kappa shape index (κ2) is 10.1. The first-order chi connectivity index (χ1) is 15.8. The van der Waals surface area contributed by atoms with Gasteiger partial charge in [0.1, 0.15) is 0 Å². The van der Waals surface area contributed by atoms with Crippen LogP contribution in [0.3, 0.4) is 0 Å². The fraction of sp³-hybridized carbons (Fsp3) is 0.241. The predicted molar refractivity (Wildman–Crippen MR) is 142 cm³/mol. The molecule has 0 spiro atoms. The zero-order chi connectivity index (χ0) is 21.8. The van der Waals surface area contributed by atoms with Crippen LogP contribution in [0, 0.1) is 6.92 Å². The summed E-state index contributed by atoms with van der Waals surface area (Å²) in [6, 6.07) is 28.7. The molecular formula is C29H29NS2. The lowest BCUT2D eigenvalue weighted by Gasteiger charge is -2.28. The molecule has 0 aliphatic carbocycles. The summed E-state index contributed by atoms with van der Waals surface area (Å²) in [7, 11) is 0. The molecule has 0 N–H and O–H groups in total. The van der Waals surface area contributed by atoms with Gasteiger partial charge in [0, 0.05) is 27.9 Å². The highest BCUT2D eigenvalue weighted by molar-refractivity contribution is 7.99. The molecule has 0 amide bonds. The first kappa shape index (κ1) is 21.5. The van der Waals surface area contributed by atoms with Crippen molar-refractivity contribution in [3.05, 3.63) is 107 Å². The van der Waals surface area contributed by atoms with Gasteiger partial charge in [-0.3, -0.25) is 4.90 Å². The van der Waals surface area contributed by atoms with Crippen molar-refractivity contribution in [3.63, 3.8) is 0 Å². The van der Waals surface area contributed by atoms with Gasteiger partial charge < -0.3 is 0 Å². The zero-order valence-corrected chi connectivity index (χ0v) is 20.2. The van der Waals surface area contributed by atoms with E-state index in [1.807, 2.05) is 23.1 Å². The summed E-state index contributed by atoms with van der Waals surface area (Å²) in [6.07, 6.45) is 4.76. The number of rotatable bonds is 7. The molecule has 0 fully saturated rings. The van der Waals surface area contributed by atoms with E-state index in [0.717, 1.165) is 32.5 Å². The fourth-order valence-electron chi connectivity index (χ4n) is 4.43. The second-order valence-electron chi connectivity index (χ2n) is 8.54. The van der Waals surface area contributed by atoms with Crippen molar-refractivity contribution in [2.45, 2.75) is 29.9 Å². The molecule has 3 heteroatoms. The highest BCUT2D eigenvalue weighted by atomic mass is 32.2. The smallest absolute Gasteiger partial charge is 0.0356 e. The van der Waals surface area contributed by atoms with Gasteiger partial charge >= 0.3 is 0 Å². The van der Waals surface area contributed by atoms with Gasteiger partial charge in [0.2, 0.25) is 0 Å². The van der Waals surface area contributed by atoms with Crippen molar-refractivity contribution in [1.82, 2.24) is 4.90 Å². The van der Waals surface area contributed by atoms with E-state index in [2.05, 4.69) is 102 Å². The van der Waals surface area contributed by atoms with E-state index in [9.17, 15) is 0 Å². The molecular weight excluding hydrogens is 426 g/mol. The van der Waals surface area contributed by atoms with Gasteiger partial charge in [0.25, 0.3) is 0 Å². The monoisotopic (exact) mass is 455 g/mol. The van der Waals surface area contributed by atoms with E-state index in [1.54, 1.807) is 0 Å². The largest absolute Gasteiger partial charge is 0.299 e. The molecule has 5 rings (SSSR count). The molecule has 0 saturated heterocycles. The van der Waals surface area contributed by atoms with Crippen LogP contribution in [-0.4, -0.2) is 24.5 Å². The van der Waals surface area contributed by atoms with Crippen LogP contribution in [0.1, 0.15) is 34.8 Å². The highest BCUT2D eigenvalue weighted by Gasteiger charge is 2.19. The van der Waals surface area contributed by atoms with Gasteiger partial charge in [0.15, 0.2) is 0 Å². The zero-order valence-electron chi connectivity index (χ0n) is 18.5. The Hall–Kier alpha value is -2.33. The van der Waals surface area contributed by atoms with E-state index in [4.69, 9.17) is 0 Å². The Morgan fingerprint density at radius 2 is 1.72 bits per heavy atom. The molecule has 1 aliphatic rings. The number of fused-ring (bicyclic) bond motifs is 1. The van der Waals surface area contributed by atoms with E-state index < -0.39 is 0 Å². The Bertz CT molecular complexity index is 1190. The van der Waals surface area contributed by atoms with Crippen LogP contribution in [0.15, 0.2) is 95.2 Å². The third-order valence-corrected chi connectivity index (χ3v) is 8.60. The molecule has 0 radical (unpaired) electrons. The van der Waals surface area contributed by atoms with Crippen LogP contribution in [0.25, 0.3) is 15.7 Å². The minimum absolute atomic E-state index is 0.477. The van der Waals surface area contributed by atoms with Crippen molar-refractivity contribution in [3.8, 4) is 0 Å². The molecule has 1 aliphatic heterocycles. The molecule has 1 unspecified atom stereocenters. The van der Waals surface area contributed by atoms with Crippen molar-refractivity contribution in [2.75, 3.05) is 19.6 Å². The molecule has 1 atom stereocenters. The molecule has 0 bridgehead atoms. The van der Waals surface area contributed by atoms with E-state index in [0.29, 0.717) is 5.25 Å².